The Morgan fingerprint density at radius 3 is 2.25 bits per heavy atom. The zero-order chi connectivity index (χ0) is 16.5. The summed E-state index contributed by atoms with van der Waals surface area (Å²) in [6, 6.07) is 0. The number of aliphatic imine (C=N–C) groups is 1. The summed E-state index contributed by atoms with van der Waals surface area (Å²) in [5.74, 6) is 1.63. The van der Waals surface area contributed by atoms with E-state index in [1.807, 2.05) is 32.5 Å². The fourth-order valence-corrected chi connectivity index (χ4v) is 2.30. The first-order valence-electron chi connectivity index (χ1n) is 8.11. The van der Waals surface area contributed by atoms with Gasteiger partial charge >= 0.3 is 21.1 Å². The van der Waals surface area contributed by atoms with E-state index in [4.69, 9.17) is 0 Å². The molecule has 0 saturated carbocycles. The first kappa shape index (κ1) is 20.5. The molecule has 0 unspecified atom stereocenters. The van der Waals surface area contributed by atoms with Gasteiger partial charge in [-0.05, 0) is 32.4 Å². The molecule has 7 heteroatoms. The predicted octanol–water partition coefficient (Wildman–Crippen LogP) is 1.75. The first-order chi connectivity index (χ1) is 11.1. The number of aromatic nitrogens is 4. The maximum Gasteiger partial charge on any atom is 2.00 e. The summed E-state index contributed by atoms with van der Waals surface area (Å²) in [6.45, 7) is 5.69. The molecule has 0 atom stereocenters. The van der Waals surface area contributed by atoms with Gasteiger partial charge in [0, 0.05) is 24.9 Å². The molecular weight excluding hydrogens is 384 g/mol. The molecule has 2 rings (SSSR count). The van der Waals surface area contributed by atoms with Crippen LogP contribution in [0, 0.1) is 13.8 Å². The summed E-state index contributed by atoms with van der Waals surface area (Å²) in [5, 5.41) is 0. The van der Waals surface area contributed by atoms with Crippen LogP contribution >= 0.6 is 0 Å². The van der Waals surface area contributed by atoms with Crippen molar-refractivity contribution >= 4 is 12.4 Å². The SMILES string of the molecule is Cc1ncc(C=NCCCCCC[N+](C)=Cc2cnc(C)[n-]2)[n-]1.[Mo+2]. The van der Waals surface area contributed by atoms with E-state index >= 15 is 0 Å². The quantitative estimate of drug-likeness (QED) is 0.274. The molecule has 2 aromatic rings. The van der Waals surface area contributed by atoms with E-state index in [1.54, 1.807) is 6.20 Å². The molecule has 0 amide bonds. The third kappa shape index (κ3) is 7.82. The van der Waals surface area contributed by atoms with E-state index in [9.17, 15) is 0 Å². The van der Waals surface area contributed by atoms with E-state index < -0.39 is 0 Å². The molecule has 0 radical (unpaired) electrons. The molecule has 0 spiro atoms. The number of hydrogen-bond acceptors (Lipinski definition) is 3. The molecule has 0 N–H and O–H groups in total. The van der Waals surface area contributed by atoms with Gasteiger partial charge in [0.25, 0.3) is 0 Å². The average Bonchev–Trinajstić information content (AvgIpc) is 3.10. The Labute approximate surface area is 158 Å². The van der Waals surface area contributed by atoms with Crippen molar-refractivity contribution in [3.05, 3.63) is 35.4 Å². The van der Waals surface area contributed by atoms with E-state index in [-0.39, 0.29) is 21.1 Å². The Balaban J connectivity index is 0.00000288. The molecule has 0 aliphatic rings. The van der Waals surface area contributed by atoms with Gasteiger partial charge in [0.2, 0.25) is 0 Å². The van der Waals surface area contributed by atoms with E-state index in [0.717, 1.165) is 42.5 Å². The van der Waals surface area contributed by atoms with Gasteiger partial charge in [-0.1, -0.05) is 30.5 Å². The monoisotopic (exact) mass is 411 g/mol. The van der Waals surface area contributed by atoms with Crippen LogP contribution in [-0.4, -0.2) is 47.1 Å². The fraction of sp³-hybridized carbons (Fsp3) is 0.529. The van der Waals surface area contributed by atoms with Gasteiger partial charge in [0.05, 0.1) is 0 Å². The smallest absolute Gasteiger partial charge is 0.446 e. The van der Waals surface area contributed by atoms with Gasteiger partial charge in [-0.2, -0.15) is 0 Å². The molecule has 0 bridgehead atoms. The van der Waals surface area contributed by atoms with E-state index in [0.29, 0.717) is 0 Å². The van der Waals surface area contributed by atoms with Crippen molar-refractivity contribution in [2.45, 2.75) is 39.5 Å². The minimum Gasteiger partial charge on any atom is -0.446 e. The largest absolute Gasteiger partial charge is 2.00 e. The van der Waals surface area contributed by atoms with E-state index in [1.165, 1.54) is 19.3 Å². The van der Waals surface area contributed by atoms with Crippen molar-refractivity contribution in [3.8, 4) is 0 Å². The summed E-state index contributed by atoms with van der Waals surface area (Å²) in [4.78, 5) is 21.2. The van der Waals surface area contributed by atoms with Gasteiger partial charge in [-0.3, -0.25) is 4.99 Å². The Hall–Kier alpha value is -1.55. The number of imidazole rings is 2. The molecule has 0 aliphatic heterocycles. The second-order valence-electron chi connectivity index (χ2n) is 5.74. The van der Waals surface area contributed by atoms with Crippen molar-refractivity contribution in [1.82, 2.24) is 19.9 Å². The van der Waals surface area contributed by atoms with Crippen LogP contribution < -0.4 is 9.97 Å². The van der Waals surface area contributed by atoms with Gasteiger partial charge in [-0.15, -0.1) is 0 Å². The van der Waals surface area contributed by atoms with Crippen molar-refractivity contribution in [2.75, 3.05) is 20.1 Å². The Morgan fingerprint density at radius 2 is 1.62 bits per heavy atom. The number of unbranched alkanes of at least 4 members (excludes halogenated alkanes) is 3. The van der Waals surface area contributed by atoms with Crippen LogP contribution in [0.2, 0.25) is 0 Å². The van der Waals surface area contributed by atoms with E-state index in [2.05, 4.69) is 36.6 Å². The van der Waals surface area contributed by atoms with Gasteiger partial charge in [0.15, 0.2) is 6.21 Å². The van der Waals surface area contributed by atoms with Crippen LogP contribution in [0.1, 0.15) is 48.7 Å². The van der Waals surface area contributed by atoms with Crippen molar-refractivity contribution < 1.29 is 25.6 Å². The third-order valence-electron chi connectivity index (χ3n) is 3.47. The molecule has 2 heterocycles. The fourth-order valence-electron chi connectivity index (χ4n) is 2.30. The molecular formula is C17H25MoN6+. The molecule has 0 saturated heterocycles. The standard InChI is InChI=1S/C17H25N6.Mo/c1-14-19-11-16(21-14)10-18-8-6-4-5-7-9-23(3)13-17-12-20-15(2)22-17;/h10-13H,4-9H2,1-3H3;/q-1;+2. The molecule has 0 aromatic carbocycles. The molecule has 24 heavy (non-hydrogen) atoms. The third-order valence-corrected chi connectivity index (χ3v) is 3.47. The minimum atomic E-state index is 0. The van der Waals surface area contributed by atoms with Crippen molar-refractivity contribution in [1.29, 1.82) is 0 Å². The predicted molar refractivity (Wildman–Crippen MR) is 91.7 cm³/mol. The second-order valence-corrected chi connectivity index (χ2v) is 5.74. The zero-order valence-electron chi connectivity index (χ0n) is 14.6. The zero-order valence-corrected chi connectivity index (χ0v) is 16.7. The molecule has 6 nitrogen and oxygen atoms in total. The normalized spacial score (nSPS) is 11.9. The summed E-state index contributed by atoms with van der Waals surface area (Å²) >= 11 is 0. The van der Waals surface area contributed by atoms with Crippen molar-refractivity contribution in [3.63, 3.8) is 0 Å². The maximum atomic E-state index is 4.39. The van der Waals surface area contributed by atoms with Crippen LogP contribution in [0.5, 0.6) is 0 Å². The number of aryl methyl sites for hydroxylation is 2. The van der Waals surface area contributed by atoms with Crippen LogP contribution in [0.4, 0.5) is 0 Å². The summed E-state index contributed by atoms with van der Waals surface area (Å²) in [7, 11) is 2.08. The number of rotatable bonds is 9. The summed E-state index contributed by atoms with van der Waals surface area (Å²) in [5.41, 5.74) is 1.79. The summed E-state index contributed by atoms with van der Waals surface area (Å²) < 4.78 is 2.18. The Morgan fingerprint density at radius 1 is 1.00 bits per heavy atom. The maximum absolute atomic E-state index is 4.39. The van der Waals surface area contributed by atoms with Gasteiger partial charge < -0.3 is 19.9 Å². The van der Waals surface area contributed by atoms with Crippen molar-refractivity contribution in [2.24, 2.45) is 4.99 Å². The summed E-state index contributed by atoms with van der Waals surface area (Å²) in [6.07, 6.45) is 12.1. The Kier molecular flexibility index (Phi) is 9.46. The van der Waals surface area contributed by atoms with Gasteiger partial charge in [-0.25, -0.2) is 4.58 Å². The molecule has 0 fully saturated rings. The minimum absolute atomic E-state index is 0. The Bertz CT molecular complexity index is 656. The van der Waals surface area contributed by atoms with Crippen LogP contribution in [0.25, 0.3) is 0 Å². The molecule has 0 aliphatic carbocycles. The average molecular weight is 409 g/mol. The number of nitrogens with zero attached hydrogens (tertiary/aromatic N) is 6. The van der Waals surface area contributed by atoms with Gasteiger partial charge in [0.1, 0.15) is 13.6 Å². The molecule has 128 valence electrons. The van der Waals surface area contributed by atoms with Crippen LogP contribution in [-0.2, 0) is 21.1 Å². The second kappa shape index (κ2) is 11.1. The topological polar surface area (TPSA) is 69.3 Å². The molecule has 2 aromatic heterocycles. The first-order valence-corrected chi connectivity index (χ1v) is 8.11. The van der Waals surface area contributed by atoms with Crippen LogP contribution in [0.3, 0.4) is 0 Å². The van der Waals surface area contributed by atoms with Crippen LogP contribution in [0.15, 0.2) is 17.4 Å². The number of hydrogen-bond donors (Lipinski definition) is 0.